The van der Waals surface area contributed by atoms with Crippen molar-refractivity contribution in [2.45, 2.75) is 32.6 Å². The van der Waals surface area contributed by atoms with Crippen LogP contribution >= 0.6 is 11.6 Å². The van der Waals surface area contributed by atoms with Crippen LogP contribution in [0.5, 0.6) is 5.88 Å². The zero-order valence-electron chi connectivity index (χ0n) is 11.0. The Morgan fingerprint density at radius 1 is 1.39 bits per heavy atom. The maximum absolute atomic E-state index is 6.12. The Bertz CT molecular complexity index is 405. The molecular weight excluding hydrogens is 250 g/mol. The topological polar surface area (TPSA) is 47.0 Å². The lowest BCUT2D eigenvalue weighted by molar-refractivity contribution is 0.366. The first-order valence-electron chi connectivity index (χ1n) is 6.37. The molecule has 1 aliphatic rings. The molecule has 0 spiro atoms. The van der Waals surface area contributed by atoms with Crippen molar-refractivity contribution in [2.24, 2.45) is 5.41 Å². The lowest BCUT2D eigenvalue weighted by Crippen LogP contribution is -2.29. The van der Waals surface area contributed by atoms with E-state index in [1.165, 1.54) is 25.7 Å². The summed E-state index contributed by atoms with van der Waals surface area (Å²) in [5.74, 6) is 1.92. The molecule has 2 rings (SSSR count). The highest BCUT2D eigenvalue weighted by Crippen LogP contribution is 2.39. The molecule has 0 unspecified atom stereocenters. The van der Waals surface area contributed by atoms with Gasteiger partial charge in [0.1, 0.15) is 0 Å². The third-order valence-electron chi connectivity index (χ3n) is 3.61. The Balaban J connectivity index is 2.03. The highest BCUT2D eigenvalue weighted by atomic mass is 35.5. The van der Waals surface area contributed by atoms with Gasteiger partial charge in [-0.05, 0) is 19.8 Å². The van der Waals surface area contributed by atoms with Crippen molar-refractivity contribution < 1.29 is 4.74 Å². The number of aromatic nitrogens is 2. The van der Waals surface area contributed by atoms with Crippen LogP contribution in [0.15, 0.2) is 6.07 Å². The maximum Gasteiger partial charge on any atom is 0.226 e. The van der Waals surface area contributed by atoms with Gasteiger partial charge in [0.05, 0.1) is 7.11 Å². The number of anilines is 1. The monoisotopic (exact) mass is 269 g/mol. The van der Waals surface area contributed by atoms with Gasteiger partial charge in [0.25, 0.3) is 0 Å². The first-order chi connectivity index (χ1) is 8.67. The van der Waals surface area contributed by atoms with Gasteiger partial charge in [-0.25, -0.2) is 4.98 Å². The van der Waals surface area contributed by atoms with Crippen LogP contribution in [0.4, 0.5) is 5.95 Å². The predicted molar refractivity (Wildman–Crippen MR) is 73.4 cm³/mol. The average molecular weight is 270 g/mol. The molecule has 0 aromatic carbocycles. The molecule has 0 radical (unpaired) electrons. The molecule has 4 nitrogen and oxygen atoms in total. The second kappa shape index (κ2) is 5.74. The SMILES string of the molecule is COc1cc(C)nc(NCC2(CCl)CCCC2)n1. The number of methoxy groups -OCH3 is 1. The van der Waals surface area contributed by atoms with Gasteiger partial charge in [-0.15, -0.1) is 11.6 Å². The number of ether oxygens (including phenoxy) is 1. The van der Waals surface area contributed by atoms with Crippen molar-refractivity contribution in [1.82, 2.24) is 9.97 Å². The zero-order chi connectivity index (χ0) is 13.0. The Morgan fingerprint density at radius 3 is 2.72 bits per heavy atom. The molecule has 1 heterocycles. The second-order valence-electron chi connectivity index (χ2n) is 5.07. The molecule has 1 aromatic rings. The second-order valence-corrected chi connectivity index (χ2v) is 5.34. The highest BCUT2D eigenvalue weighted by Gasteiger charge is 2.32. The van der Waals surface area contributed by atoms with E-state index in [0.29, 0.717) is 17.7 Å². The number of aryl methyl sites for hydroxylation is 1. The number of hydrogen-bond acceptors (Lipinski definition) is 4. The van der Waals surface area contributed by atoms with Crippen molar-refractivity contribution in [3.05, 3.63) is 11.8 Å². The summed E-state index contributed by atoms with van der Waals surface area (Å²) in [5.41, 5.74) is 1.11. The van der Waals surface area contributed by atoms with E-state index in [2.05, 4.69) is 15.3 Å². The number of halogens is 1. The van der Waals surface area contributed by atoms with E-state index in [1.54, 1.807) is 7.11 Å². The smallest absolute Gasteiger partial charge is 0.226 e. The Hall–Kier alpha value is -1.03. The lowest BCUT2D eigenvalue weighted by Gasteiger charge is -2.26. The van der Waals surface area contributed by atoms with Crippen LogP contribution in [0.25, 0.3) is 0 Å². The van der Waals surface area contributed by atoms with Crippen LogP contribution in [0.3, 0.4) is 0 Å². The van der Waals surface area contributed by atoms with Gasteiger partial charge in [0, 0.05) is 29.6 Å². The lowest BCUT2D eigenvalue weighted by atomic mass is 9.89. The Labute approximate surface area is 113 Å². The molecule has 100 valence electrons. The van der Waals surface area contributed by atoms with Crippen molar-refractivity contribution in [3.8, 4) is 5.88 Å². The fraction of sp³-hybridized carbons (Fsp3) is 0.692. The van der Waals surface area contributed by atoms with E-state index in [4.69, 9.17) is 16.3 Å². The minimum absolute atomic E-state index is 0.210. The van der Waals surface area contributed by atoms with Crippen LogP contribution in [0.1, 0.15) is 31.4 Å². The minimum Gasteiger partial charge on any atom is -0.481 e. The van der Waals surface area contributed by atoms with Crippen molar-refractivity contribution >= 4 is 17.5 Å². The largest absolute Gasteiger partial charge is 0.481 e. The van der Waals surface area contributed by atoms with Gasteiger partial charge in [-0.3, -0.25) is 0 Å². The number of nitrogens with one attached hydrogen (secondary N) is 1. The van der Waals surface area contributed by atoms with Crippen LogP contribution in [-0.4, -0.2) is 29.5 Å². The maximum atomic E-state index is 6.12. The zero-order valence-corrected chi connectivity index (χ0v) is 11.8. The predicted octanol–water partition coefficient (Wildman–Crippen LogP) is 3.00. The highest BCUT2D eigenvalue weighted by molar-refractivity contribution is 6.18. The van der Waals surface area contributed by atoms with Crippen LogP contribution in [-0.2, 0) is 0 Å². The molecule has 0 amide bonds. The molecule has 1 aliphatic carbocycles. The molecule has 1 fully saturated rings. The molecule has 0 aliphatic heterocycles. The number of alkyl halides is 1. The summed E-state index contributed by atoms with van der Waals surface area (Å²) < 4.78 is 5.14. The number of hydrogen-bond donors (Lipinski definition) is 1. The standard InChI is InChI=1S/C13H20ClN3O/c1-10-7-11(18-2)17-12(16-10)15-9-13(8-14)5-3-4-6-13/h7H,3-6,8-9H2,1-2H3,(H,15,16,17). The Kier molecular flexibility index (Phi) is 4.27. The van der Waals surface area contributed by atoms with Gasteiger partial charge >= 0.3 is 0 Å². The number of nitrogens with zero attached hydrogens (tertiary/aromatic N) is 2. The fourth-order valence-electron chi connectivity index (χ4n) is 2.47. The fourth-order valence-corrected chi connectivity index (χ4v) is 2.83. The molecule has 18 heavy (non-hydrogen) atoms. The molecule has 1 aromatic heterocycles. The summed E-state index contributed by atoms with van der Waals surface area (Å²) in [7, 11) is 1.61. The molecule has 0 bridgehead atoms. The van der Waals surface area contributed by atoms with E-state index in [0.717, 1.165) is 12.2 Å². The van der Waals surface area contributed by atoms with Crippen LogP contribution in [0, 0.1) is 12.3 Å². The van der Waals surface area contributed by atoms with E-state index in [1.807, 2.05) is 13.0 Å². The molecule has 1 saturated carbocycles. The van der Waals surface area contributed by atoms with Crippen LogP contribution in [0.2, 0.25) is 0 Å². The first kappa shape index (κ1) is 13.4. The molecular formula is C13H20ClN3O. The molecule has 0 saturated heterocycles. The van der Waals surface area contributed by atoms with E-state index in [-0.39, 0.29) is 5.41 Å². The first-order valence-corrected chi connectivity index (χ1v) is 6.90. The third kappa shape index (κ3) is 3.05. The van der Waals surface area contributed by atoms with Gasteiger partial charge in [-0.1, -0.05) is 12.8 Å². The van der Waals surface area contributed by atoms with Gasteiger partial charge in [-0.2, -0.15) is 4.98 Å². The van der Waals surface area contributed by atoms with E-state index in [9.17, 15) is 0 Å². The Morgan fingerprint density at radius 2 is 2.11 bits per heavy atom. The van der Waals surface area contributed by atoms with E-state index < -0.39 is 0 Å². The van der Waals surface area contributed by atoms with E-state index >= 15 is 0 Å². The van der Waals surface area contributed by atoms with Gasteiger partial charge in [0.15, 0.2) is 0 Å². The van der Waals surface area contributed by atoms with Gasteiger partial charge < -0.3 is 10.1 Å². The third-order valence-corrected chi connectivity index (χ3v) is 4.18. The minimum atomic E-state index is 0.210. The number of rotatable bonds is 5. The van der Waals surface area contributed by atoms with Crippen molar-refractivity contribution in [1.29, 1.82) is 0 Å². The summed E-state index contributed by atoms with van der Waals surface area (Å²) in [6, 6.07) is 1.82. The van der Waals surface area contributed by atoms with Gasteiger partial charge in [0.2, 0.25) is 11.8 Å². The summed E-state index contributed by atoms with van der Waals surface area (Å²) in [5, 5.41) is 3.31. The van der Waals surface area contributed by atoms with Crippen molar-refractivity contribution in [2.75, 3.05) is 24.9 Å². The summed E-state index contributed by atoms with van der Waals surface area (Å²) >= 11 is 6.12. The van der Waals surface area contributed by atoms with Crippen molar-refractivity contribution in [3.63, 3.8) is 0 Å². The normalized spacial score (nSPS) is 17.7. The van der Waals surface area contributed by atoms with Crippen LogP contribution < -0.4 is 10.1 Å². The quantitative estimate of drug-likeness (QED) is 0.835. The summed E-state index contributed by atoms with van der Waals surface area (Å²) in [6.07, 6.45) is 4.91. The summed E-state index contributed by atoms with van der Waals surface area (Å²) in [6.45, 7) is 2.77. The summed E-state index contributed by atoms with van der Waals surface area (Å²) in [4.78, 5) is 8.65. The molecule has 1 N–H and O–H groups in total. The molecule has 5 heteroatoms. The average Bonchev–Trinajstić information content (AvgIpc) is 2.85. The molecule has 0 atom stereocenters.